The number of hydrogen-bond acceptors (Lipinski definition) is 5. The predicted molar refractivity (Wildman–Crippen MR) is 89.5 cm³/mol. The third-order valence-electron chi connectivity index (χ3n) is 4.18. The molecule has 1 unspecified atom stereocenters. The van der Waals surface area contributed by atoms with Gasteiger partial charge in [-0.05, 0) is 57.2 Å². The van der Waals surface area contributed by atoms with E-state index in [1.54, 1.807) is 17.3 Å². The summed E-state index contributed by atoms with van der Waals surface area (Å²) in [6.45, 7) is 6.73. The second-order valence-corrected chi connectivity index (χ2v) is 7.09. The average molecular weight is 334 g/mol. The number of aromatic nitrogens is 1. The van der Waals surface area contributed by atoms with Crippen molar-refractivity contribution < 1.29 is 19.1 Å². The molecule has 1 aromatic heterocycles. The van der Waals surface area contributed by atoms with E-state index in [-0.39, 0.29) is 23.9 Å². The second kappa shape index (κ2) is 7.64. The van der Waals surface area contributed by atoms with E-state index in [0.717, 1.165) is 18.4 Å². The highest BCUT2D eigenvalue weighted by atomic mass is 16.6. The van der Waals surface area contributed by atoms with Gasteiger partial charge in [0.1, 0.15) is 5.60 Å². The molecule has 132 valence electrons. The molecule has 0 radical (unpaired) electrons. The maximum Gasteiger partial charge on any atom is 0.410 e. The number of nitrogens with zero attached hydrogens (tertiary/aromatic N) is 2. The van der Waals surface area contributed by atoms with E-state index in [0.29, 0.717) is 13.1 Å². The summed E-state index contributed by atoms with van der Waals surface area (Å²) in [6, 6.07) is 3.70. The first-order valence-corrected chi connectivity index (χ1v) is 8.27. The Bertz CT molecular complexity index is 560. The summed E-state index contributed by atoms with van der Waals surface area (Å²) in [5.41, 5.74) is 0.409. The minimum absolute atomic E-state index is 0.138. The Morgan fingerprint density at radius 2 is 1.79 bits per heavy atom. The Hall–Kier alpha value is -2.11. The molecule has 1 aliphatic rings. The molecular formula is C18H26N2O4. The number of methoxy groups -OCH3 is 1. The molecule has 2 rings (SSSR count). The van der Waals surface area contributed by atoms with Crippen molar-refractivity contribution >= 4 is 12.1 Å². The van der Waals surface area contributed by atoms with Gasteiger partial charge >= 0.3 is 12.1 Å². The lowest BCUT2D eigenvalue weighted by Crippen LogP contribution is -2.43. The number of rotatable bonds is 3. The maximum absolute atomic E-state index is 12.3. The molecule has 0 aromatic carbocycles. The second-order valence-electron chi connectivity index (χ2n) is 7.09. The van der Waals surface area contributed by atoms with Crippen LogP contribution in [0.5, 0.6) is 0 Å². The standard InChI is InChI=1S/C18H26N2O4/c1-18(2,3)24-17(22)20-11-7-14(8-12-20)15(16(21)23-4)13-5-9-19-10-6-13/h5-6,9-10,14-15H,7-8,11-12H2,1-4H3. The van der Waals surface area contributed by atoms with Gasteiger partial charge in [-0.1, -0.05) is 0 Å². The minimum atomic E-state index is -0.500. The van der Waals surface area contributed by atoms with Crippen molar-refractivity contribution in [2.24, 2.45) is 5.92 Å². The fourth-order valence-corrected chi connectivity index (χ4v) is 3.04. The lowest BCUT2D eigenvalue weighted by atomic mass is 9.80. The van der Waals surface area contributed by atoms with E-state index >= 15 is 0 Å². The van der Waals surface area contributed by atoms with Crippen LogP contribution >= 0.6 is 0 Å². The molecule has 6 nitrogen and oxygen atoms in total. The molecule has 1 amide bonds. The molecule has 0 saturated carbocycles. The van der Waals surface area contributed by atoms with E-state index in [1.807, 2.05) is 32.9 Å². The summed E-state index contributed by atoms with van der Waals surface area (Å²) in [5, 5.41) is 0. The van der Waals surface area contributed by atoms with Crippen molar-refractivity contribution in [1.82, 2.24) is 9.88 Å². The van der Waals surface area contributed by atoms with Crippen LogP contribution in [-0.4, -0.2) is 47.7 Å². The SMILES string of the molecule is COC(=O)C(c1ccncc1)C1CCN(C(=O)OC(C)(C)C)CC1. The van der Waals surface area contributed by atoms with Crippen LogP contribution in [0.4, 0.5) is 4.79 Å². The molecule has 24 heavy (non-hydrogen) atoms. The number of carbonyl (C=O) groups excluding carboxylic acids is 2. The van der Waals surface area contributed by atoms with Gasteiger partial charge in [-0.25, -0.2) is 4.79 Å². The smallest absolute Gasteiger partial charge is 0.410 e. The molecule has 6 heteroatoms. The monoisotopic (exact) mass is 334 g/mol. The summed E-state index contributed by atoms with van der Waals surface area (Å²) in [4.78, 5) is 30.1. The Morgan fingerprint density at radius 3 is 2.29 bits per heavy atom. The Kier molecular flexibility index (Phi) is 5.80. The van der Waals surface area contributed by atoms with Crippen molar-refractivity contribution in [3.8, 4) is 0 Å². The molecule has 1 saturated heterocycles. The van der Waals surface area contributed by atoms with Gasteiger partial charge in [0, 0.05) is 25.5 Å². The van der Waals surface area contributed by atoms with Crippen LogP contribution in [0.15, 0.2) is 24.5 Å². The van der Waals surface area contributed by atoms with Crippen LogP contribution in [0.1, 0.15) is 45.1 Å². The number of pyridine rings is 1. The highest BCUT2D eigenvalue weighted by molar-refractivity contribution is 5.78. The Labute approximate surface area is 143 Å². The van der Waals surface area contributed by atoms with E-state index in [9.17, 15) is 9.59 Å². The molecule has 0 aliphatic carbocycles. The van der Waals surface area contributed by atoms with Gasteiger partial charge in [0.25, 0.3) is 0 Å². The van der Waals surface area contributed by atoms with Crippen molar-refractivity contribution in [1.29, 1.82) is 0 Å². The fraction of sp³-hybridized carbons (Fsp3) is 0.611. The minimum Gasteiger partial charge on any atom is -0.469 e. The maximum atomic E-state index is 12.3. The van der Waals surface area contributed by atoms with Gasteiger partial charge < -0.3 is 14.4 Å². The summed E-state index contributed by atoms with van der Waals surface area (Å²) in [7, 11) is 1.41. The molecule has 1 fully saturated rings. The zero-order chi connectivity index (χ0) is 17.7. The van der Waals surface area contributed by atoms with Crippen molar-refractivity contribution in [3.05, 3.63) is 30.1 Å². The summed E-state index contributed by atoms with van der Waals surface area (Å²) < 4.78 is 10.4. The molecule has 1 aliphatic heterocycles. The van der Waals surface area contributed by atoms with Crippen LogP contribution in [0, 0.1) is 5.92 Å². The van der Waals surface area contributed by atoms with E-state index in [1.165, 1.54) is 7.11 Å². The van der Waals surface area contributed by atoms with Crippen LogP contribution in [-0.2, 0) is 14.3 Å². The Balaban J connectivity index is 2.03. The lowest BCUT2D eigenvalue weighted by Gasteiger charge is -2.36. The van der Waals surface area contributed by atoms with Crippen LogP contribution in [0.3, 0.4) is 0 Å². The molecular weight excluding hydrogens is 308 g/mol. The van der Waals surface area contributed by atoms with Gasteiger partial charge in [-0.15, -0.1) is 0 Å². The zero-order valence-corrected chi connectivity index (χ0v) is 14.8. The quantitative estimate of drug-likeness (QED) is 0.795. The number of amides is 1. The lowest BCUT2D eigenvalue weighted by molar-refractivity contribution is -0.144. The molecule has 1 atom stereocenters. The molecule has 2 heterocycles. The van der Waals surface area contributed by atoms with Gasteiger partial charge in [0.15, 0.2) is 0 Å². The molecule has 1 aromatic rings. The topological polar surface area (TPSA) is 68.7 Å². The zero-order valence-electron chi connectivity index (χ0n) is 14.8. The van der Waals surface area contributed by atoms with E-state index in [2.05, 4.69) is 4.98 Å². The molecule has 0 spiro atoms. The van der Waals surface area contributed by atoms with Crippen molar-refractivity contribution in [2.45, 2.75) is 45.1 Å². The van der Waals surface area contributed by atoms with Crippen molar-refractivity contribution in [2.75, 3.05) is 20.2 Å². The number of hydrogen-bond donors (Lipinski definition) is 0. The van der Waals surface area contributed by atoms with Gasteiger partial charge in [-0.3, -0.25) is 9.78 Å². The largest absolute Gasteiger partial charge is 0.469 e. The van der Waals surface area contributed by atoms with Gasteiger partial charge in [0.2, 0.25) is 0 Å². The molecule has 0 N–H and O–H groups in total. The predicted octanol–water partition coefficient (Wildman–Crippen LogP) is 2.99. The summed E-state index contributed by atoms with van der Waals surface area (Å²) >= 11 is 0. The first-order valence-electron chi connectivity index (χ1n) is 8.27. The summed E-state index contributed by atoms with van der Waals surface area (Å²) in [6.07, 6.45) is 4.55. The number of ether oxygens (including phenoxy) is 2. The first kappa shape index (κ1) is 18.2. The highest BCUT2D eigenvalue weighted by Gasteiger charge is 2.35. The van der Waals surface area contributed by atoms with Crippen LogP contribution in [0.2, 0.25) is 0 Å². The highest BCUT2D eigenvalue weighted by Crippen LogP contribution is 2.34. The van der Waals surface area contributed by atoms with Crippen LogP contribution in [0.25, 0.3) is 0 Å². The number of carbonyl (C=O) groups is 2. The number of piperidine rings is 1. The van der Waals surface area contributed by atoms with Crippen LogP contribution < -0.4 is 0 Å². The fourth-order valence-electron chi connectivity index (χ4n) is 3.04. The van der Waals surface area contributed by atoms with E-state index < -0.39 is 5.60 Å². The summed E-state index contributed by atoms with van der Waals surface area (Å²) in [5.74, 6) is -0.422. The Morgan fingerprint density at radius 1 is 1.21 bits per heavy atom. The average Bonchev–Trinajstić information content (AvgIpc) is 2.55. The first-order chi connectivity index (χ1) is 11.3. The normalized spacial score (nSPS) is 17.2. The number of esters is 1. The number of likely N-dealkylation sites (tertiary alicyclic amines) is 1. The third kappa shape index (κ3) is 4.69. The van der Waals surface area contributed by atoms with Gasteiger partial charge in [-0.2, -0.15) is 0 Å². The van der Waals surface area contributed by atoms with Crippen molar-refractivity contribution in [3.63, 3.8) is 0 Å². The third-order valence-corrected chi connectivity index (χ3v) is 4.18. The van der Waals surface area contributed by atoms with E-state index in [4.69, 9.17) is 9.47 Å². The molecule has 0 bridgehead atoms. The van der Waals surface area contributed by atoms with Gasteiger partial charge in [0.05, 0.1) is 13.0 Å².